The van der Waals surface area contributed by atoms with E-state index in [1.54, 1.807) is 6.07 Å². The van der Waals surface area contributed by atoms with E-state index in [0.29, 0.717) is 23.0 Å². The number of nitrogen functional groups attached to an aromatic ring is 1. The first-order valence-electron chi connectivity index (χ1n) is 5.57. The molecule has 0 aromatic heterocycles. The Bertz CT molecular complexity index is 404. The maximum Gasteiger partial charge on any atom is 0.306 e. The van der Waals surface area contributed by atoms with Crippen LogP contribution in [-0.4, -0.2) is 13.1 Å². The molecule has 17 heavy (non-hydrogen) atoms. The lowest BCUT2D eigenvalue weighted by Crippen LogP contribution is -2.14. The molecule has 1 aromatic carbocycles. The second-order valence-corrected chi connectivity index (χ2v) is 4.82. The zero-order valence-corrected chi connectivity index (χ0v) is 11.1. The standard InChI is InChI=1S/C13H18ClNO2/c1-8(2)10(7-13(16)17-3)9-4-5-11(14)12(15)6-9/h4-6,8,10H,7,15H2,1-3H3/t10-/m0/s1. The molecule has 0 heterocycles. The predicted octanol–water partition coefficient (Wildman–Crippen LogP) is 3.22. The highest BCUT2D eigenvalue weighted by molar-refractivity contribution is 6.33. The molecule has 4 heteroatoms. The highest BCUT2D eigenvalue weighted by Gasteiger charge is 2.20. The molecule has 94 valence electrons. The van der Waals surface area contributed by atoms with Crippen molar-refractivity contribution in [1.82, 2.24) is 0 Å². The van der Waals surface area contributed by atoms with Crippen LogP contribution in [0.25, 0.3) is 0 Å². The topological polar surface area (TPSA) is 52.3 Å². The van der Waals surface area contributed by atoms with Gasteiger partial charge in [0, 0.05) is 0 Å². The summed E-state index contributed by atoms with van der Waals surface area (Å²) in [7, 11) is 1.40. The van der Waals surface area contributed by atoms with Crippen LogP contribution in [0.5, 0.6) is 0 Å². The van der Waals surface area contributed by atoms with Crippen LogP contribution in [0, 0.1) is 5.92 Å². The average molecular weight is 256 g/mol. The third-order valence-corrected chi connectivity index (χ3v) is 3.21. The SMILES string of the molecule is COC(=O)C[C@H](c1ccc(Cl)c(N)c1)C(C)C. The number of methoxy groups -OCH3 is 1. The van der Waals surface area contributed by atoms with E-state index in [4.69, 9.17) is 22.1 Å². The molecule has 0 aliphatic rings. The summed E-state index contributed by atoms with van der Waals surface area (Å²) in [6.45, 7) is 4.14. The molecule has 3 nitrogen and oxygen atoms in total. The van der Waals surface area contributed by atoms with E-state index in [1.807, 2.05) is 12.1 Å². The van der Waals surface area contributed by atoms with Gasteiger partial charge in [-0.25, -0.2) is 0 Å². The lowest BCUT2D eigenvalue weighted by Gasteiger charge is -2.20. The largest absolute Gasteiger partial charge is 0.469 e. The molecule has 0 spiro atoms. The van der Waals surface area contributed by atoms with Crippen LogP contribution in [-0.2, 0) is 9.53 Å². The van der Waals surface area contributed by atoms with Gasteiger partial charge in [-0.3, -0.25) is 4.79 Å². The third kappa shape index (κ3) is 3.63. The van der Waals surface area contributed by atoms with Gasteiger partial charge in [-0.05, 0) is 29.5 Å². The number of rotatable bonds is 4. The zero-order chi connectivity index (χ0) is 13.0. The second kappa shape index (κ2) is 5.92. The van der Waals surface area contributed by atoms with Gasteiger partial charge in [0.1, 0.15) is 0 Å². The van der Waals surface area contributed by atoms with E-state index in [1.165, 1.54) is 7.11 Å². The Labute approximate surface area is 107 Å². The minimum atomic E-state index is -0.211. The van der Waals surface area contributed by atoms with Crippen molar-refractivity contribution in [3.8, 4) is 0 Å². The monoisotopic (exact) mass is 255 g/mol. The van der Waals surface area contributed by atoms with E-state index < -0.39 is 0 Å². The van der Waals surface area contributed by atoms with Crippen LogP contribution < -0.4 is 5.73 Å². The molecule has 0 unspecified atom stereocenters. The van der Waals surface area contributed by atoms with Crippen LogP contribution in [0.1, 0.15) is 31.7 Å². The van der Waals surface area contributed by atoms with Crippen molar-refractivity contribution in [3.05, 3.63) is 28.8 Å². The molecule has 0 radical (unpaired) electrons. The summed E-state index contributed by atoms with van der Waals surface area (Å²) in [5, 5.41) is 0.536. The number of hydrogen-bond acceptors (Lipinski definition) is 3. The molecule has 0 saturated carbocycles. The van der Waals surface area contributed by atoms with Crippen LogP contribution in [0.3, 0.4) is 0 Å². The average Bonchev–Trinajstić information content (AvgIpc) is 2.29. The number of halogens is 1. The van der Waals surface area contributed by atoms with Gasteiger partial charge in [0.05, 0.1) is 24.2 Å². The Morgan fingerprint density at radius 3 is 2.59 bits per heavy atom. The van der Waals surface area contributed by atoms with Crippen molar-refractivity contribution in [3.63, 3.8) is 0 Å². The number of carbonyl (C=O) groups is 1. The van der Waals surface area contributed by atoms with Gasteiger partial charge in [-0.1, -0.05) is 31.5 Å². The van der Waals surface area contributed by atoms with Crippen molar-refractivity contribution < 1.29 is 9.53 Å². The summed E-state index contributed by atoms with van der Waals surface area (Å²) < 4.78 is 4.71. The van der Waals surface area contributed by atoms with Gasteiger partial charge in [-0.15, -0.1) is 0 Å². The lowest BCUT2D eigenvalue weighted by atomic mass is 9.85. The van der Waals surface area contributed by atoms with Gasteiger partial charge in [0.2, 0.25) is 0 Å². The first-order chi connectivity index (χ1) is 7.95. The molecule has 1 aromatic rings. The van der Waals surface area contributed by atoms with Crippen LogP contribution in [0.2, 0.25) is 5.02 Å². The Morgan fingerprint density at radius 1 is 1.47 bits per heavy atom. The smallest absolute Gasteiger partial charge is 0.306 e. The fourth-order valence-corrected chi connectivity index (χ4v) is 1.91. The number of ether oxygens (including phenoxy) is 1. The van der Waals surface area contributed by atoms with E-state index in [9.17, 15) is 4.79 Å². The van der Waals surface area contributed by atoms with Crippen molar-refractivity contribution >= 4 is 23.3 Å². The zero-order valence-electron chi connectivity index (χ0n) is 10.4. The molecule has 1 rings (SSSR count). The van der Waals surface area contributed by atoms with Crippen LogP contribution in [0.15, 0.2) is 18.2 Å². The number of esters is 1. The fourth-order valence-electron chi connectivity index (χ4n) is 1.79. The summed E-state index contributed by atoms with van der Waals surface area (Å²) in [6.07, 6.45) is 0.356. The van der Waals surface area contributed by atoms with E-state index in [-0.39, 0.29) is 11.9 Å². The summed E-state index contributed by atoms with van der Waals surface area (Å²) in [5.74, 6) is 0.217. The van der Waals surface area contributed by atoms with Crippen LogP contribution in [0.4, 0.5) is 5.69 Å². The van der Waals surface area contributed by atoms with Gasteiger partial charge in [0.15, 0.2) is 0 Å². The number of carbonyl (C=O) groups excluding carboxylic acids is 1. The van der Waals surface area contributed by atoms with Gasteiger partial charge in [-0.2, -0.15) is 0 Å². The summed E-state index contributed by atoms with van der Waals surface area (Å²) in [5.41, 5.74) is 7.34. The fraction of sp³-hybridized carbons (Fsp3) is 0.462. The molecule has 0 aliphatic heterocycles. The van der Waals surface area contributed by atoms with Crippen molar-refractivity contribution in [2.45, 2.75) is 26.2 Å². The summed E-state index contributed by atoms with van der Waals surface area (Å²) in [6, 6.07) is 5.50. The number of hydrogen-bond donors (Lipinski definition) is 1. The number of nitrogens with two attached hydrogens (primary N) is 1. The highest BCUT2D eigenvalue weighted by Crippen LogP contribution is 2.31. The minimum absolute atomic E-state index is 0.0991. The molecule has 1 atom stereocenters. The van der Waals surface area contributed by atoms with E-state index in [0.717, 1.165) is 5.56 Å². The Balaban J connectivity index is 2.97. The van der Waals surface area contributed by atoms with E-state index >= 15 is 0 Å². The maximum atomic E-state index is 11.4. The van der Waals surface area contributed by atoms with Gasteiger partial charge >= 0.3 is 5.97 Å². The Kier molecular flexibility index (Phi) is 4.82. The van der Waals surface area contributed by atoms with Gasteiger partial charge in [0.25, 0.3) is 0 Å². The number of benzene rings is 1. The van der Waals surface area contributed by atoms with Crippen molar-refractivity contribution in [1.29, 1.82) is 0 Å². The molecule has 0 fully saturated rings. The Morgan fingerprint density at radius 2 is 2.12 bits per heavy atom. The minimum Gasteiger partial charge on any atom is -0.469 e. The highest BCUT2D eigenvalue weighted by atomic mass is 35.5. The number of anilines is 1. The van der Waals surface area contributed by atoms with Crippen molar-refractivity contribution in [2.24, 2.45) is 5.92 Å². The Hall–Kier alpha value is -1.22. The van der Waals surface area contributed by atoms with E-state index in [2.05, 4.69) is 13.8 Å². The second-order valence-electron chi connectivity index (χ2n) is 4.41. The maximum absolute atomic E-state index is 11.4. The van der Waals surface area contributed by atoms with Crippen LogP contribution >= 0.6 is 11.6 Å². The molecule has 0 saturated heterocycles. The molecule has 0 aliphatic carbocycles. The third-order valence-electron chi connectivity index (χ3n) is 2.87. The quantitative estimate of drug-likeness (QED) is 0.664. The molecule has 0 bridgehead atoms. The predicted molar refractivity (Wildman–Crippen MR) is 70.1 cm³/mol. The first-order valence-corrected chi connectivity index (χ1v) is 5.95. The summed E-state index contributed by atoms with van der Waals surface area (Å²) >= 11 is 5.88. The molecular formula is C13H18ClNO2. The normalized spacial score (nSPS) is 12.5. The molecule has 2 N–H and O–H groups in total. The van der Waals surface area contributed by atoms with Gasteiger partial charge < -0.3 is 10.5 Å². The first kappa shape index (κ1) is 13.8. The summed E-state index contributed by atoms with van der Waals surface area (Å²) in [4.78, 5) is 11.4. The lowest BCUT2D eigenvalue weighted by molar-refractivity contribution is -0.141. The molecular weight excluding hydrogens is 238 g/mol. The molecule has 0 amide bonds. The van der Waals surface area contributed by atoms with Crippen molar-refractivity contribution in [2.75, 3.05) is 12.8 Å².